The third-order valence-corrected chi connectivity index (χ3v) is 4.48. The zero-order valence-electron chi connectivity index (χ0n) is 33.5. The molecule has 288 valence electrons. The van der Waals surface area contributed by atoms with E-state index in [4.69, 9.17) is 0 Å². The van der Waals surface area contributed by atoms with Crippen molar-refractivity contribution in [1.29, 1.82) is 0 Å². The second-order valence-corrected chi connectivity index (χ2v) is 9.52. The summed E-state index contributed by atoms with van der Waals surface area (Å²) in [7, 11) is 0. The van der Waals surface area contributed by atoms with Crippen LogP contribution in [0.15, 0.2) is 0 Å². The molecule has 0 saturated heterocycles. The van der Waals surface area contributed by atoms with Gasteiger partial charge in [-0.1, -0.05) is 178 Å². The van der Waals surface area contributed by atoms with Gasteiger partial charge in [0.05, 0.1) is 0 Å². The van der Waals surface area contributed by atoms with E-state index in [1.54, 1.807) is 0 Å². The van der Waals surface area contributed by atoms with Gasteiger partial charge in [0.25, 0.3) is 0 Å². The van der Waals surface area contributed by atoms with Crippen molar-refractivity contribution in [2.75, 3.05) is 59.5 Å². The molecule has 0 heterocycles. The van der Waals surface area contributed by atoms with E-state index < -0.39 is 0 Å². The fourth-order valence-electron chi connectivity index (χ4n) is 1.30. The van der Waals surface area contributed by atoms with Crippen molar-refractivity contribution in [1.82, 2.24) is 0 Å². The van der Waals surface area contributed by atoms with Gasteiger partial charge in [0.2, 0.25) is 0 Å². The second kappa shape index (κ2) is 135. The summed E-state index contributed by atoms with van der Waals surface area (Å²) < 4.78 is 0. The number of unbranched alkanes of at least 4 members (excludes halogenated alkanes) is 9. The van der Waals surface area contributed by atoms with Gasteiger partial charge in [-0.05, 0) is 0 Å². The maximum atomic E-state index is 9.53. The topological polar surface area (TPSA) is 208 Å². The zero-order valence-corrected chi connectivity index (χ0v) is 37.0. The minimum absolute atomic E-state index is 0. The van der Waals surface area contributed by atoms with Crippen LogP contribution in [0.4, 0.5) is 0 Å². The van der Waals surface area contributed by atoms with E-state index in [1.807, 2.05) is 62.3 Å². The Bertz CT molecular complexity index is 202. The number of rotatable bonds is 18. The van der Waals surface area contributed by atoms with E-state index in [2.05, 4.69) is 0 Å². The quantitative estimate of drug-likeness (QED) is 0.176. The van der Waals surface area contributed by atoms with Crippen molar-refractivity contribution >= 4 is 52.1 Å². The minimum atomic E-state index is 0. The smallest absolute Gasteiger partial charge is 0.854 e. The molecular weight excluding hydrogens is 657 g/mol. The van der Waals surface area contributed by atoms with Crippen LogP contribution in [-0.2, 0) is 0 Å². The monoisotopic (exact) mass is 739 g/mol. The Balaban J connectivity index is -0.0000000301. The van der Waals surface area contributed by atoms with Gasteiger partial charge in [-0.15, -0.1) is 59.5 Å². The summed E-state index contributed by atoms with van der Waals surface area (Å²) >= 11 is 0. The van der Waals surface area contributed by atoms with Crippen molar-refractivity contribution in [3.8, 4) is 0 Å². The second-order valence-electron chi connectivity index (χ2n) is 9.52. The van der Waals surface area contributed by atoms with Crippen LogP contribution >= 0.6 is 0 Å². The molecule has 0 aliphatic rings. The molecule has 0 radical (unpaired) electrons. The Morgan fingerprint density at radius 2 is 0.250 bits per heavy atom. The SMILES string of the molecule is CCCC[O-].CCCC[O-].CCCC[O-].CCCC[O-].CCCC[O-].CCCC[O-].CCCC[O-].CCCC[O-].CCCC[O-].[Al+3].[Al+3].[Al+3]. The molecule has 0 aliphatic heterocycles. The zero-order chi connectivity index (χ0) is 37.1. The average molecular weight is 739 g/mol. The van der Waals surface area contributed by atoms with Crippen molar-refractivity contribution in [3.05, 3.63) is 0 Å². The van der Waals surface area contributed by atoms with Gasteiger partial charge in [0.1, 0.15) is 0 Å². The molecule has 0 rings (SSSR count). The van der Waals surface area contributed by atoms with Crippen LogP contribution in [0.2, 0.25) is 0 Å². The van der Waals surface area contributed by atoms with Crippen LogP contribution in [-0.4, -0.2) is 112 Å². The Morgan fingerprint density at radius 3 is 0.250 bits per heavy atom. The first-order valence-electron chi connectivity index (χ1n) is 18.0. The summed E-state index contributed by atoms with van der Waals surface area (Å²) in [5, 5.41) is 85.8. The first kappa shape index (κ1) is 82.6. The van der Waals surface area contributed by atoms with E-state index in [0.29, 0.717) is 0 Å². The van der Waals surface area contributed by atoms with Gasteiger partial charge < -0.3 is 46.0 Å². The summed E-state index contributed by atoms with van der Waals surface area (Å²) in [6.45, 7) is 19.0. The van der Waals surface area contributed by atoms with Crippen LogP contribution in [0.3, 0.4) is 0 Å². The molecule has 0 atom stereocenters. The van der Waals surface area contributed by atoms with Crippen LogP contribution in [0.25, 0.3) is 0 Å². The molecule has 0 aliphatic carbocycles. The molecule has 0 fully saturated rings. The summed E-state index contributed by atoms with van der Waals surface area (Å²) in [6, 6.07) is 0. The Labute approximate surface area is 333 Å². The predicted octanol–water partition coefficient (Wildman–Crippen LogP) is 0.179. The van der Waals surface area contributed by atoms with Crippen LogP contribution in [0.5, 0.6) is 0 Å². The Hall–Kier alpha value is 1.24. The van der Waals surface area contributed by atoms with E-state index >= 15 is 0 Å². The molecule has 0 aromatic carbocycles. The molecule has 0 N–H and O–H groups in total. The van der Waals surface area contributed by atoms with Crippen molar-refractivity contribution in [3.63, 3.8) is 0 Å². The standard InChI is InChI=1S/9C4H9O.3Al/c9*1-2-3-4-5;;;/h9*2-4H2,1H3;;;/q9*-1;3*+3. The minimum Gasteiger partial charge on any atom is -0.854 e. The molecule has 0 saturated carbocycles. The maximum Gasteiger partial charge on any atom is 3.00 e. The Kier molecular flexibility index (Phi) is 232. The molecule has 0 amide bonds. The third kappa shape index (κ3) is 273. The van der Waals surface area contributed by atoms with Crippen LogP contribution < -0.4 is 46.0 Å². The van der Waals surface area contributed by atoms with E-state index in [9.17, 15) is 46.0 Å². The number of hydrogen-bond acceptors (Lipinski definition) is 9. The summed E-state index contributed by atoms with van der Waals surface area (Å²) in [4.78, 5) is 0. The first-order valence-corrected chi connectivity index (χ1v) is 18.0. The van der Waals surface area contributed by atoms with Gasteiger partial charge in [-0.25, -0.2) is 0 Å². The van der Waals surface area contributed by atoms with E-state index in [-0.39, 0.29) is 112 Å². The fourth-order valence-corrected chi connectivity index (χ4v) is 1.30. The van der Waals surface area contributed by atoms with Gasteiger partial charge >= 0.3 is 52.1 Å². The molecule has 0 unspecified atom stereocenters. The van der Waals surface area contributed by atoms with Gasteiger partial charge in [-0.3, -0.25) is 0 Å². The van der Waals surface area contributed by atoms with Crippen molar-refractivity contribution in [2.45, 2.75) is 178 Å². The first-order chi connectivity index (χ1) is 21.7. The molecule has 48 heavy (non-hydrogen) atoms. The number of hydrogen-bond donors (Lipinski definition) is 0. The van der Waals surface area contributed by atoms with Gasteiger partial charge in [0, 0.05) is 0 Å². The van der Waals surface area contributed by atoms with Gasteiger partial charge in [0.15, 0.2) is 0 Å². The largest absolute Gasteiger partial charge is 3.00 e. The summed E-state index contributed by atoms with van der Waals surface area (Å²) in [5.74, 6) is 0. The molecule has 0 spiro atoms. The van der Waals surface area contributed by atoms with Crippen LogP contribution in [0.1, 0.15) is 178 Å². The molecular formula is C36H81Al3O9. The van der Waals surface area contributed by atoms with E-state index in [0.717, 1.165) is 116 Å². The van der Waals surface area contributed by atoms with Crippen molar-refractivity contribution < 1.29 is 46.0 Å². The van der Waals surface area contributed by atoms with Gasteiger partial charge in [-0.2, -0.15) is 0 Å². The molecule has 12 heteroatoms. The predicted molar refractivity (Wildman–Crippen MR) is 195 cm³/mol. The normalized spacial score (nSPS) is 7.88. The molecule has 0 bridgehead atoms. The summed E-state index contributed by atoms with van der Waals surface area (Å²) in [5.41, 5.74) is 0. The third-order valence-electron chi connectivity index (χ3n) is 4.48. The van der Waals surface area contributed by atoms with Crippen LogP contribution in [0, 0.1) is 0 Å². The molecule has 9 nitrogen and oxygen atoms in total. The average Bonchev–Trinajstić information content (AvgIpc) is 3.03. The Morgan fingerprint density at radius 1 is 0.188 bits per heavy atom. The van der Waals surface area contributed by atoms with E-state index in [1.165, 1.54) is 0 Å². The molecule has 0 aromatic rings. The molecule has 0 aromatic heterocycles. The van der Waals surface area contributed by atoms with Crippen molar-refractivity contribution in [2.24, 2.45) is 0 Å². The summed E-state index contributed by atoms with van der Waals surface area (Å²) in [6.07, 6.45) is 16.8. The maximum absolute atomic E-state index is 9.53. The fraction of sp³-hybridized carbons (Fsp3) is 1.00.